The van der Waals surface area contributed by atoms with Gasteiger partial charge < -0.3 is 4.42 Å². The van der Waals surface area contributed by atoms with Gasteiger partial charge >= 0.3 is 0 Å². The Morgan fingerprint density at radius 3 is 3.06 bits per heavy atom. The lowest BCUT2D eigenvalue weighted by atomic mass is 10.1. The molecular weight excluding hydrogens is 228 g/mol. The van der Waals surface area contributed by atoms with Crippen molar-refractivity contribution in [3.8, 4) is 0 Å². The van der Waals surface area contributed by atoms with Crippen LogP contribution in [0.25, 0.3) is 0 Å². The van der Waals surface area contributed by atoms with Crippen molar-refractivity contribution in [2.24, 2.45) is 0 Å². The molecule has 0 saturated carbocycles. The highest BCUT2D eigenvalue weighted by atomic mass is 35.5. The zero-order valence-corrected chi connectivity index (χ0v) is 9.57. The van der Waals surface area contributed by atoms with Crippen LogP contribution < -0.4 is 0 Å². The Bertz CT molecular complexity index is 488. The van der Waals surface area contributed by atoms with Crippen LogP contribution in [0.2, 0.25) is 5.02 Å². The summed E-state index contributed by atoms with van der Waals surface area (Å²) in [6, 6.07) is 1.61. The quantitative estimate of drug-likeness (QED) is 0.770. The summed E-state index contributed by atoms with van der Waals surface area (Å²) in [5.41, 5.74) is 0.907. The molecule has 0 radical (unpaired) electrons. The SMILES string of the molecule is CCCn1ncc(Cl)c1C(=O)c1ccoc1. The van der Waals surface area contributed by atoms with E-state index in [-0.39, 0.29) is 5.78 Å². The number of ketones is 1. The Hall–Kier alpha value is -1.55. The van der Waals surface area contributed by atoms with E-state index in [1.54, 1.807) is 10.7 Å². The van der Waals surface area contributed by atoms with Gasteiger partial charge in [0, 0.05) is 6.54 Å². The van der Waals surface area contributed by atoms with Crippen molar-refractivity contribution in [1.82, 2.24) is 9.78 Å². The van der Waals surface area contributed by atoms with Gasteiger partial charge in [-0.25, -0.2) is 0 Å². The zero-order valence-electron chi connectivity index (χ0n) is 8.81. The maximum atomic E-state index is 12.1. The van der Waals surface area contributed by atoms with E-state index in [9.17, 15) is 4.79 Å². The van der Waals surface area contributed by atoms with Gasteiger partial charge in [-0.05, 0) is 12.5 Å². The Labute approximate surface area is 97.8 Å². The number of carbonyl (C=O) groups is 1. The average Bonchev–Trinajstić information content (AvgIpc) is 2.88. The number of carbonyl (C=O) groups excluding carboxylic acids is 1. The van der Waals surface area contributed by atoms with Crippen molar-refractivity contribution >= 4 is 17.4 Å². The second kappa shape index (κ2) is 4.53. The molecule has 2 heterocycles. The molecule has 2 rings (SSSR count). The van der Waals surface area contributed by atoms with E-state index in [1.807, 2.05) is 6.92 Å². The fourth-order valence-corrected chi connectivity index (χ4v) is 1.73. The fraction of sp³-hybridized carbons (Fsp3) is 0.273. The molecule has 0 amide bonds. The van der Waals surface area contributed by atoms with Gasteiger partial charge in [0.05, 0.1) is 23.0 Å². The second-order valence-corrected chi connectivity index (χ2v) is 3.81. The van der Waals surface area contributed by atoms with E-state index in [4.69, 9.17) is 16.0 Å². The van der Waals surface area contributed by atoms with Gasteiger partial charge in [0.25, 0.3) is 0 Å². The van der Waals surface area contributed by atoms with Gasteiger partial charge in [-0.15, -0.1) is 0 Å². The van der Waals surface area contributed by atoms with Crippen LogP contribution in [0.15, 0.2) is 29.2 Å². The topological polar surface area (TPSA) is 48.0 Å². The van der Waals surface area contributed by atoms with Crippen LogP contribution in [0.5, 0.6) is 0 Å². The number of halogens is 1. The third-order valence-corrected chi connectivity index (χ3v) is 2.51. The highest BCUT2D eigenvalue weighted by Gasteiger charge is 2.19. The summed E-state index contributed by atoms with van der Waals surface area (Å²) in [6.45, 7) is 2.69. The summed E-state index contributed by atoms with van der Waals surface area (Å²) in [7, 11) is 0. The van der Waals surface area contributed by atoms with E-state index in [0.717, 1.165) is 6.42 Å². The first kappa shape index (κ1) is 11.0. The minimum absolute atomic E-state index is 0.162. The summed E-state index contributed by atoms with van der Waals surface area (Å²) in [5.74, 6) is -0.162. The molecule has 0 spiro atoms. The molecule has 84 valence electrons. The number of aryl methyl sites for hydroxylation is 1. The Morgan fingerprint density at radius 2 is 2.44 bits per heavy atom. The predicted molar refractivity (Wildman–Crippen MR) is 59.7 cm³/mol. The lowest BCUT2D eigenvalue weighted by molar-refractivity contribution is 0.102. The van der Waals surface area contributed by atoms with Crippen molar-refractivity contribution in [2.75, 3.05) is 0 Å². The largest absolute Gasteiger partial charge is 0.472 e. The molecule has 2 aromatic heterocycles. The van der Waals surface area contributed by atoms with Crippen molar-refractivity contribution in [2.45, 2.75) is 19.9 Å². The molecule has 0 unspecified atom stereocenters. The first-order chi connectivity index (χ1) is 7.74. The highest BCUT2D eigenvalue weighted by Crippen LogP contribution is 2.19. The van der Waals surface area contributed by atoms with Crippen LogP contribution in [0.4, 0.5) is 0 Å². The van der Waals surface area contributed by atoms with Gasteiger partial charge in [-0.2, -0.15) is 5.10 Å². The first-order valence-corrected chi connectivity index (χ1v) is 5.40. The molecule has 0 fully saturated rings. The van der Waals surface area contributed by atoms with Gasteiger partial charge in [0.15, 0.2) is 0 Å². The highest BCUT2D eigenvalue weighted by molar-refractivity contribution is 6.34. The van der Waals surface area contributed by atoms with Crippen molar-refractivity contribution in [3.63, 3.8) is 0 Å². The molecule has 0 aliphatic carbocycles. The Kier molecular flexibility index (Phi) is 3.10. The van der Waals surface area contributed by atoms with Crippen molar-refractivity contribution in [3.05, 3.63) is 41.1 Å². The molecule has 0 aliphatic rings. The predicted octanol–water partition coefficient (Wildman–Crippen LogP) is 2.77. The molecular formula is C11H11ClN2O2. The number of furan rings is 1. The molecule has 0 N–H and O–H groups in total. The maximum absolute atomic E-state index is 12.1. The number of aromatic nitrogens is 2. The number of nitrogens with zero attached hydrogens (tertiary/aromatic N) is 2. The number of hydrogen-bond acceptors (Lipinski definition) is 3. The molecule has 0 atom stereocenters. The van der Waals surface area contributed by atoms with Gasteiger partial charge in [-0.1, -0.05) is 18.5 Å². The lowest BCUT2D eigenvalue weighted by Gasteiger charge is -2.04. The van der Waals surface area contributed by atoms with Crippen molar-refractivity contribution < 1.29 is 9.21 Å². The van der Waals surface area contributed by atoms with Crippen LogP contribution in [0, 0.1) is 0 Å². The summed E-state index contributed by atoms with van der Waals surface area (Å²) < 4.78 is 6.50. The minimum Gasteiger partial charge on any atom is -0.472 e. The molecule has 5 heteroatoms. The Balaban J connectivity index is 2.39. The normalized spacial score (nSPS) is 10.6. The van der Waals surface area contributed by atoms with E-state index < -0.39 is 0 Å². The maximum Gasteiger partial charge on any atom is 0.215 e. The summed E-state index contributed by atoms with van der Waals surface area (Å²) in [6.07, 6.45) is 5.25. The van der Waals surface area contributed by atoms with Crippen LogP contribution in [-0.4, -0.2) is 15.6 Å². The second-order valence-electron chi connectivity index (χ2n) is 3.41. The van der Waals surface area contributed by atoms with Gasteiger partial charge in [0.1, 0.15) is 12.0 Å². The van der Waals surface area contributed by atoms with E-state index in [1.165, 1.54) is 18.7 Å². The molecule has 2 aromatic rings. The lowest BCUT2D eigenvalue weighted by Crippen LogP contribution is -2.11. The van der Waals surface area contributed by atoms with Crippen LogP contribution >= 0.6 is 11.6 Å². The molecule has 0 bridgehead atoms. The summed E-state index contributed by atoms with van der Waals surface area (Å²) in [5, 5.41) is 4.44. The third-order valence-electron chi connectivity index (χ3n) is 2.23. The monoisotopic (exact) mass is 238 g/mol. The van der Waals surface area contributed by atoms with E-state index in [0.29, 0.717) is 22.8 Å². The zero-order chi connectivity index (χ0) is 11.5. The van der Waals surface area contributed by atoms with Crippen LogP contribution in [0.1, 0.15) is 29.4 Å². The molecule has 0 aliphatic heterocycles. The smallest absolute Gasteiger partial charge is 0.215 e. The number of hydrogen-bond donors (Lipinski definition) is 0. The summed E-state index contributed by atoms with van der Waals surface area (Å²) >= 11 is 5.96. The average molecular weight is 239 g/mol. The molecule has 0 aromatic carbocycles. The van der Waals surface area contributed by atoms with Gasteiger partial charge in [0.2, 0.25) is 5.78 Å². The third kappa shape index (κ3) is 1.88. The van der Waals surface area contributed by atoms with Crippen LogP contribution in [0.3, 0.4) is 0 Å². The Morgan fingerprint density at radius 1 is 1.62 bits per heavy atom. The van der Waals surface area contributed by atoms with Crippen LogP contribution in [-0.2, 0) is 6.54 Å². The summed E-state index contributed by atoms with van der Waals surface area (Å²) in [4.78, 5) is 12.1. The molecule has 4 nitrogen and oxygen atoms in total. The molecule has 16 heavy (non-hydrogen) atoms. The molecule has 0 saturated heterocycles. The van der Waals surface area contributed by atoms with Crippen molar-refractivity contribution in [1.29, 1.82) is 0 Å². The van der Waals surface area contributed by atoms with E-state index in [2.05, 4.69) is 5.10 Å². The first-order valence-electron chi connectivity index (χ1n) is 5.02. The van der Waals surface area contributed by atoms with E-state index >= 15 is 0 Å². The number of rotatable bonds is 4. The minimum atomic E-state index is -0.162. The standard InChI is InChI=1S/C11H11ClN2O2/c1-2-4-14-10(9(12)6-13-14)11(15)8-3-5-16-7-8/h3,5-7H,2,4H2,1H3. The van der Waals surface area contributed by atoms with Gasteiger partial charge in [-0.3, -0.25) is 9.48 Å². The fourth-order valence-electron chi connectivity index (χ4n) is 1.50.